The van der Waals surface area contributed by atoms with Gasteiger partial charge in [0.05, 0.1) is 6.10 Å². The van der Waals surface area contributed by atoms with E-state index in [1.165, 1.54) is 0 Å². The van der Waals surface area contributed by atoms with Crippen molar-refractivity contribution in [2.45, 2.75) is 52.1 Å². The Kier molecular flexibility index (Phi) is 4.79. The van der Waals surface area contributed by atoms with Gasteiger partial charge in [-0.25, -0.2) is 0 Å². The summed E-state index contributed by atoms with van der Waals surface area (Å²) in [5, 5.41) is 9.59. The van der Waals surface area contributed by atoms with Gasteiger partial charge in [0.2, 0.25) is 0 Å². The van der Waals surface area contributed by atoms with Gasteiger partial charge < -0.3 is 10.0 Å². The minimum atomic E-state index is -0.177. The molecule has 0 amide bonds. The number of aliphatic hydroxyl groups is 1. The van der Waals surface area contributed by atoms with Gasteiger partial charge in [0, 0.05) is 18.9 Å². The molecule has 1 heterocycles. The highest BCUT2D eigenvalue weighted by molar-refractivity contribution is 5.81. The molecule has 2 aliphatic rings. The third-order valence-corrected chi connectivity index (χ3v) is 4.82. The summed E-state index contributed by atoms with van der Waals surface area (Å²) in [5.74, 6) is 1.92. The zero-order valence-electron chi connectivity index (χ0n) is 11.8. The molecule has 3 nitrogen and oxygen atoms in total. The number of nitrogens with zero attached hydrogens (tertiary/aromatic N) is 1. The van der Waals surface area contributed by atoms with Crippen molar-refractivity contribution in [1.29, 1.82) is 0 Å². The van der Waals surface area contributed by atoms with Crippen molar-refractivity contribution in [2.24, 2.45) is 17.8 Å². The predicted octanol–water partition coefficient (Wildman–Crippen LogP) is 2.08. The molecule has 3 unspecified atom stereocenters. The summed E-state index contributed by atoms with van der Waals surface area (Å²) in [6.07, 6.45) is 4.93. The lowest BCUT2D eigenvalue weighted by molar-refractivity contribution is -0.126. The molecule has 0 aromatic rings. The van der Waals surface area contributed by atoms with Gasteiger partial charge >= 0.3 is 0 Å². The maximum atomic E-state index is 11.9. The number of carbonyl (C=O) groups excluding carboxylic acids is 1. The van der Waals surface area contributed by atoms with Crippen LogP contribution in [0.15, 0.2) is 0 Å². The zero-order valence-corrected chi connectivity index (χ0v) is 11.8. The number of hydrogen-bond donors (Lipinski definition) is 1. The standard InChI is InChI=1S/C15H27NO2/c1-11-3-4-15(18)14(9-11)10-16-7-5-13(6-8-16)12(2)17/h11-14,17H,3-10H2,1-2H3. The largest absolute Gasteiger partial charge is 0.393 e. The van der Waals surface area contributed by atoms with Crippen LogP contribution in [0.1, 0.15) is 46.0 Å². The van der Waals surface area contributed by atoms with Crippen LogP contribution in [0, 0.1) is 17.8 Å². The molecule has 18 heavy (non-hydrogen) atoms. The second-order valence-corrected chi connectivity index (χ2v) is 6.42. The third kappa shape index (κ3) is 3.55. The lowest BCUT2D eigenvalue weighted by atomic mass is 9.80. The maximum absolute atomic E-state index is 11.9. The van der Waals surface area contributed by atoms with Gasteiger partial charge in [-0.1, -0.05) is 6.92 Å². The van der Waals surface area contributed by atoms with E-state index in [1.54, 1.807) is 0 Å². The molecule has 0 spiro atoms. The molecule has 1 aliphatic heterocycles. The Morgan fingerprint density at radius 1 is 1.33 bits per heavy atom. The highest BCUT2D eigenvalue weighted by atomic mass is 16.3. The van der Waals surface area contributed by atoms with Crippen LogP contribution in [0.25, 0.3) is 0 Å². The number of Topliss-reactive ketones (excluding diaryl/α,β-unsaturated/α-hetero) is 1. The van der Waals surface area contributed by atoms with Crippen LogP contribution in [-0.4, -0.2) is 41.5 Å². The van der Waals surface area contributed by atoms with Crippen LogP contribution in [0.2, 0.25) is 0 Å². The van der Waals surface area contributed by atoms with Crippen molar-refractivity contribution in [2.75, 3.05) is 19.6 Å². The van der Waals surface area contributed by atoms with Gasteiger partial charge in [-0.15, -0.1) is 0 Å². The Hall–Kier alpha value is -0.410. The average molecular weight is 253 g/mol. The average Bonchev–Trinajstić information content (AvgIpc) is 2.34. The molecule has 2 rings (SSSR count). The Labute approximate surface area is 111 Å². The number of ketones is 1. The van der Waals surface area contributed by atoms with Crippen molar-refractivity contribution in [3.8, 4) is 0 Å². The highest BCUT2D eigenvalue weighted by Crippen LogP contribution is 2.28. The van der Waals surface area contributed by atoms with E-state index < -0.39 is 0 Å². The second-order valence-electron chi connectivity index (χ2n) is 6.42. The first kappa shape index (κ1) is 14.0. The molecule has 2 fully saturated rings. The lowest BCUT2D eigenvalue weighted by Crippen LogP contribution is -2.42. The molecule has 0 aromatic heterocycles. The fourth-order valence-corrected chi connectivity index (χ4v) is 3.43. The topological polar surface area (TPSA) is 40.5 Å². The maximum Gasteiger partial charge on any atom is 0.137 e. The van der Waals surface area contributed by atoms with Crippen LogP contribution >= 0.6 is 0 Å². The molecular formula is C15H27NO2. The molecule has 0 bridgehead atoms. The van der Waals surface area contributed by atoms with Gasteiger partial charge in [-0.05, 0) is 57.5 Å². The first-order chi connectivity index (χ1) is 8.56. The SMILES string of the molecule is CC1CCC(=O)C(CN2CCC(C(C)O)CC2)C1. The minimum absolute atomic E-state index is 0.177. The van der Waals surface area contributed by atoms with Gasteiger partial charge in [-0.3, -0.25) is 4.79 Å². The summed E-state index contributed by atoms with van der Waals surface area (Å²) in [5.41, 5.74) is 0. The molecule has 0 radical (unpaired) electrons. The van der Waals surface area contributed by atoms with E-state index in [0.29, 0.717) is 17.6 Å². The first-order valence-electron chi connectivity index (χ1n) is 7.49. The van der Waals surface area contributed by atoms with E-state index in [4.69, 9.17) is 0 Å². The summed E-state index contributed by atoms with van der Waals surface area (Å²) >= 11 is 0. The summed E-state index contributed by atoms with van der Waals surface area (Å²) in [6, 6.07) is 0. The summed E-state index contributed by atoms with van der Waals surface area (Å²) in [7, 11) is 0. The Bertz CT molecular complexity index is 282. The molecule has 1 N–H and O–H groups in total. The number of rotatable bonds is 3. The summed E-state index contributed by atoms with van der Waals surface area (Å²) in [4.78, 5) is 14.3. The summed E-state index contributed by atoms with van der Waals surface area (Å²) in [6.45, 7) is 7.21. The van der Waals surface area contributed by atoms with Crippen LogP contribution < -0.4 is 0 Å². The van der Waals surface area contributed by atoms with E-state index in [2.05, 4.69) is 11.8 Å². The number of piperidine rings is 1. The third-order valence-electron chi connectivity index (χ3n) is 4.82. The smallest absolute Gasteiger partial charge is 0.137 e. The van der Waals surface area contributed by atoms with Gasteiger partial charge in [-0.2, -0.15) is 0 Å². The quantitative estimate of drug-likeness (QED) is 0.837. The van der Waals surface area contributed by atoms with E-state index >= 15 is 0 Å². The molecule has 3 heteroatoms. The van der Waals surface area contributed by atoms with E-state index in [0.717, 1.165) is 51.7 Å². The van der Waals surface area contributed by atoms with Crippen LogP contribution in [-0.2, 0) is 4.79 Å². The van der Waals surface area contributed by atoms with E-state index in [1.807, 2.05) is 6.92 Å². The van der Waals surface area contributed by atoms with Crippen LogP contribution in [0.4, 0.5) is 0 Å². The van der Waals surface area contributed by atoms with E-state index in [9.17, 15) is 9.90 Å². The van der Waals surface area contributed by atoms with Gasteiger partial charge in [0.25, 0.3) is 0 Å². The molecule has 1 saturated carbocycles. The van der Waals surface area contributed by atoms with Gasteiger partial charge in [0.15, 0.2) is 0 Å². The number of hydrogen-bond acceptors (Lipinski definition) is 3. The van der Waals surface area contributed by atoms with Crippen molar-refractivity contribution in [3.05, 3.63) is 0 Å². The minimum Gasteiger partial charge on any atom is -0.393 e. The number of likely N-dealkylation sites (tertiary alicyclic amines) is 1. The fourth-order valence-electron chi connectivity index (χ4n) is 3.43. The Balaban J connectivity index is 1.78. The van der Waals surface area contributed by atoms with Crippen molar-refractivity contribution < 1.29 is 9.90 Å². The van der Waals surface area contributed by atoms with Crippen LogP contribution in [0.3, 0.4) is 0 Å². The molecule has 1 aliphatic carbocycles. The van der Waals surface area contributed by atoms with Crippen molar-refractivity contribution in [3.63, 3.8) is 0 Å². The predicted molar refractivity (Wildman–Crippen MR) is 72.4 cm³/mol. The summed E-state index contributed by atoms with van der Waals surface area (Å²) < 4.78 is 0. The first-order valence-corrected chi connectivity index (χ1v) is 7.49. The van der Waals surface area contributed by atoms with Crippen LogP contribution in [0.5, 0.6) is 0 Å². The normalized spacial score (nSPS) is 33.6. The molecule has 0 aromatic carbocycles. The Morgan fingerprint density at radius 2 is 2.00 bits per heavy atom. The zero-order chi connectivity index (χ0) is 13.1. The molecule has 3 atom stereocenters. The lowest BCUT2D eigenvalue weighted by Gasteiger charge is -2.36. The monoisotopic (exact) mass is 253 g/mol. The molecule has 104 valence electrons. The highest BCUT2D eigenvalue weighted by Gasteiger charge is 2.30. The number of aliphatic hydroxyl groups excluding tert-OH is 1. The van der Waals surface area contributed by atoms with E-state index in [-0.39, 0.29) is 12.0 Å². The number of carbonyl (C=O) groups is 1. The van der Waals surface area contributed by atoms with Crippen molar-refractivity contribution in [1.82, 2.24) is 4.90 Å². The van der Waals surface area contributed by atoms with Crippen molar-refractivity contribution >= 4 is 5.78 Å². The Morgan fingerprint density at radius 3 is 2.61 bits per heavy atom. The molecular weight excluding hydrogens is 226 g/mol. The van der Waals surface area contributed by atoms with Gasteiger partial charge in [0.1, 0.15) is 5.78 Å². The molecule has 1 saturated heterocycles. The second kappa shape index (κ2) is 6.16. The fraction of sp³-hybridized carbons (Fsp3) is 0.933.